The maximum atomic E-state index is 13.5. The van der Waals surface area contributed by atoms with Gasteiger partial charge in [-0.2, -0.15) is 9.37 Å². The Bertz CT molecular complexity index is 623. The number of aromatic nitrogens is 1. The van der Waals surface area contributed by atoms with Crippen molar-refractivity contribution in [2.75, 3.05) is 12.4 Å². The molecule has 0 radical (unpaired) electrons. The SMILES string of the molecule is CNc1nc(Oc2cccc(F)c2F)c(Cl)cc1Cl. The largest absolute Gasteiger partial charge is 0.434 e. The number of hydrogen-bond acceptors (Lipinski definition) is 3. The van der Waals surface area contributed by atoms with Crippen molar-refractivity contribution in [1.29, 1.82) is 0 Å². The average molecular weight is 305 g/mol. The second-order valence-corrected chi connectivity index (χ2v) is 4.32. The predicted molar refractivity (Wildman–Crippen MR) is 70.2 cm³/mol. The summed E-state index contributed by atoms with van der Waals surface area (Å²) in [5, 5.41) is 3.11. The topological polar surface area (TPSA) is 34.2 Å². The van der Waals surface area contributed by atoms with Crippen molar-refractivity contribution in [3.63, 3.8) is 0 Å². The van der Waals surface area contributed by atoms with Crippen LogP contribution in [-0.2, 0) is 0 Å². The summed E-state index contributed by atoms with van der Waals surface area (Å²) in [6.07, 6.45) is 0. The van der Waals surface area contributed by atoms with E-state index < -0.39 is 11.6 Å². The van der Waals surface area contributed by atoms with E-state index in [1.54, 1.807) is 7.05 Å². The van der Waals surface area contributed by atoms with E-state index >= 15 is 0 Å². The number of rotatable bonds is 3. The zero-order valence-corrected chi connectivity index (χ0v) is 11.2. The first-order valence-electron chi connectivity index (χ1n) is 5.18. The molecule has 0 unspecified atom stereocenters. The van der Waals surface area contributed by atoms with Gasteiger partial charge >= 0.3 is 0 Å². The van der Waals surface area contributed by atoms with Crippen LogP contribution >= 0.6 is 23.2 Å². The number of ether oxygens (including phenoxy) is 1. The van der Waals surface area contributed by atoms with Crippen LogP contribution in [0.3, 0.4) is 0 Å². The van der Waals surface area contributed by atoms with Crippen molar-refractivity contribution >= 4 is 29.0 Å². The maximum absolute atomic E-state index is 13.5. The number of benzene rings is 1. The van der Waals surface area contributed by atoms with Crippen LogP contribution in [0.4, 0.5) is 14.6 Å². The van der Waals surface area contributed by atoms with E-state index in [0.29, 0.717) is 10.8 Å². The molecule has 100 valence electrons. The van der Waals surface area contributed by atoms with E-state index in [1.807, 2.05) is 0 Å². The molecule has 1 aromatic carbocycles. The normalized spacial score (nSPS) is 10.4. The minimum Gasteiger partial charge on any atom is -0.434 e. The van der Waals surface area contributed by atoms with E-state index in [9.17, 15) is 8.78 Å². The molecule has 19 heavy (non-hydrogen) atoms. The molecular weight excluding hydrogens is 297 g/mol. The second kappa shape index (κ2) is 5.59. The summed E-state index contributed by atoms with van der Waals surface area (Å²) in [5.41, 5.74) is 0. The zero-order valence-electron chi connectivity index (χ0n) is 9.68. The van der Waals surface area contributed by atoms with E-state index in [4.69, 9.17) is 27.9 Å². The summed E-state index contributed by atoms with van der Waals surface area (Å²) < 4.78 is 31.7. The van der Waals surface area contributed by atoms with Crippen LogP contribution in [-0.4, -0.2) is 12.0 Å². The van der Waals surface area contributed by atoms with Crippen molar-refractivity contribution < 1.29 is 13.5 Å². The molecule has 7 heteroatoms. The fraction of sp³-hybridized carbons (Fsp3) is 0.0833. The first-order chi connectivity index (χ1) is 9.02. The Morgan fingerprint density at radius 3 is 2.63 bits per heavy atom. The highest BCUT2D eigenvalue weighted by molar-refractivity contribution is 6.36. The number of halogens is 4. The third-order valence-electron chi connectivity index (χ3n) is 2.26. The maximum Gasteiger partial charge on any atom is 0.240 e. The molecule has 0 amide bonds. The lowest BCUT2D eigenvalue weighted by Gasteiger charge is -2.10. The lowest BCUT2D eigenvalue weighted by molar-refractivity contribution is 0.406. The molecule has 1 N–H and O–H groups in total. The Morgan fingerprint density at radius 1 is 1.21 bits per heavy atom. The third-order valence-corrected chi connectivity index (χ3v) is 2.82. The van der Waals surface area contributed by atoms with Gasteiger partial charge in [0.15, 0.2) is 11.6 Å². The van der Waals surface area contributed by atoms with Gasteiger partial charge < -0.3 is 10.1 Å². The van der Waals surface area contributed by atoms with Crippen LogP contribution in [0.2, 0.25) is 10.0 Å². The van der Waals surface area contributed by atoms with Gasteiger partial charge in [-0.3, -0.25) is 0 Å². The standard InChI is InChI=1S/C12H8Cl2F2N2O/c1-17-11-6(13)5-7(14)12(18-11)19-9-4-2-3-8(15)10(9)16/h2-5H,1H3,(H,17,18). The highest BCUT2D eigenvalue weighted by atomic mass is 35.5. The smallest absolute Gasteiger partial charge is 0.240 e. The third kappa shape index (κ3) is 2.88. The second-order valence-electron chi connectivity index (χ2n) is 3.51. The van der Waals surface area contributed by atoms with E-state index in [-0.39, 0.29) is 16.7 Å². The Balaban J connectivity index is 2.41. The molecule has 0 fully saturated rings. The Kier molecular flexibility index (Phi) is 4.07. The summed E-state index contributed by atoms with van der Waals surface area (Å²) in [4.78, 5) is 3.97. The summed E-state index contributed by atoms with van der Waals surface area (Å²) in [6.45, 7) is 0. The minimum absolute atomic E-state index is 0.0695. The van der Waals surface area contributed by atoms with Gasteiger partial charge in [-0.25, -0.2) is 4.39 Å². The lowest BCUT2D eigenvalue weighted by atomic mass is 10.3. The highest BCUT2D eigenvalue weighted by Crippen LogP contribution is 2.34. The first-order valence-corrected chi connectivity index (χ1v) is 5.94. The lowest BCUT2D eigenvalue weighted by Crippen LogP contribution is -1.98. The molecule has 0 aliphatic carbocycles. The fourth-order valence-corrected chi connectivity index (χ4v) is 1.86. The van der Waals surface area contributed by atoms with Crippen LogP contribution in [0.5, 0.6) is 11.6 Å². The molecule has 0 bridgehead atoms. The van der Waals surface area contributed by atoms with Gasteiger partial charge in [-0.05, 0) is 18.2 Å². The van der Waals surface area contributed by atoms with Crippen molar-refractivity contribution in [3.8, 4) is 11.6 Å². The number of anilines is 1. The average Bonchev–Trinajstić information content (AvgIpc) is 2.38. The molecule has 0 aliphatic rings. The first kappa shape index (κ1) is 13.8. The predicted octanol–water partition coefficient (Wildman–Crippen LogP) is 4.50. The molecule has 2 aromatic rings. The molecule has 0 atom stereocenters. The molecule has 1 heterocycles. The Morgan fingerprint density at radius 2 is 1.95 bits per heavy atom. The Labute approximate surface area is 118 Å². The van der Waals surface area contributed by atoms with E-state index in [1.165, 1.54) is 18.2 Å². The van der Waals surface area contributed by atoms with Gasteiger partial charge in [0, 0.05) is 7.05 Å². The minimum atomic E-state index is -1.11. The summed E-state index contributed by atoms with van der Waals surface area (Å²) in [6, 6.07) is 4.97. The van der Waals surface area contributed by atoms with Crippen LogP contribution < -0.4 is 10.1 Å². The molecule has 2 rings (SSSR count). The van der Waals surface area contributed by atoms with Gasteiger partial charge in [-0.15, -0.1) is 0 Å². The molecule has 0 saturated heterocycles. The molecule has 0 spiro atoms. The van der Waals surface area contributed by atoms with Gasteiger partial charge in [0.2, 0.25) is 11.7 Å². The summed E-state index contributed by atoms with van der Waals surface area (Å²) >= 11 is 11.7. The van der Waals surface area contributed by atoms with E-state index in [2.05, 4.69) is 10.3 Å². The molecule has 3 nitrogen and oxygen atoms in total. The molecule has 0 aliphatic heterocycles. The fourth-order valence-electron chi connectivity index (χ4n) is 1.36. The summed E-state index contributed by atoms with van der Waals surface area (Å²) in [7, 11) is 1.61. The van der Waals surface area contributed by atoms with Crippen LogP contribution in [0, 0.1) is 11.6 Å². The number of pyridine rings is 1. The van der Waals surface area contributed by atoms with Gasteiger partial charge in [-0.1, -0.05) is 29.3 Å². The number of nitrogens with zero attached hydrogens (tertiary/aromatic N) is 1. The Hall–Kier alpha value is -1.59. The van der Waals surface area contributed by atoms with Gasteiger partial charge in [0.05, 0.1) is 5.02 Å². The van der Waals surface area contributed by atoms with Gasteiger partial charge in [0.1, 0.15) is 10.8 Å². The van der Waals surface area contributed by atoms with Crippen molar-refractivity contribution in [1.82, 2.24) is 4.98 Å². The van der Waals surface area contributed by atoms with Crippen LogP contribution in [0.25, 0.3) is 0 Å². The summed E-state index contributed by atoms with van der Waals surface area (Å²) in [5.74, 6) is -2.19. The van der Waals surface area contributed by atoms with Crippen molar-refractivity contribution in [3.05, 3.63) is 45.9 Å². The van der Waals surface area contributed by atoms with E-state index in [0.717, 1.165) is 6.07 Å². The molecule has 1 aromatic heterocycles. The van der Waals surface area contributed by atoms with Gasteiger partial charge in [0.25, 0.3) is 0 Å². The van der Waals surface area contributed by atoms with Crippen molar-refractivity contribution in [2.24, 2.45) is 0 Å². The van der Waals surface area contributed by atoms with Crippen LogP contribution in [0.15, 0.2) is 24.3 Å². The monoisotopic (exact) mass is 304 g/mol. The number of nitrogens with one attached hydrogen (secondary N) is 1. The van der Waals surface area contributed by atoms with Crippen molar-refractivity contribution in [2.45, 2.75) is 0 Å². The highest BCUT2D eigenvalue weighted by Gasteiger charge is 2.14. The molecular formula is C12H8Cl2F2N2O. The molecule has 0 saturated carbocycles. The van der Waals surface area contributed by atoms with Crippen LogP contribution in [0.1, 0.15) is 0 Å². The quantitative estimate of drug-likeness (QED) is 0.906. The zero-order chi connectivity index (χ0) is 14.0. The number of hydrogen-bond donors (Lipinski definition) is 1.